The molecule has 3 rings (SSSR count). The third kappa shape index (κ3) is 4.00. The number of benzene rings is 2. The molecule has 2 amide bonds. The summed E-state index contributed by atoms with van der Waals surface area (Å²) in [6, 6.07) is 11.2. The fraction of sp³-hybridized carbons (Fsp3) is 0.167. The molecule has 0 fully saturated rings. The molecule has 0 saturated carbocycles. The Hall–Kier alpha value is -3.22. The Morgan fingerprint density at radius 2 is 1.96 bits per heavy atom. The first-order valence-electron chi connectivity index (χ1n) is 7.82. The summed E-state index contributed by atoms with van der Waals surface area (Å²) in [7, 11) is 0. The van der Waals surface area contributed by atoms with Gasteiger partial charge in [0.05, 0.1) is 11.0 Å². The highest BCUT2D eigenvalue weighted by Crippen LogP contribution is 2.15. The normalized spacial score (nSPS) is 10.6. The molecule has 0 spiro atoms. The number of amides is 2. The lowest BCUT2D eigenvalue weighted by molar-refractivity contribution is -0.136. The van der Waals surface area contributed by atoms with Gasteiger partial charge in [-0.15, -0.1) is 0 Å². The first-order chi connectivity index (χ1) is 12.0. The number of fused-ring (bicyclic) bond motifs is 1. The Kier molecular flexibility index (Phi) is 4.74. The lowest BCUT2D eigenvalue weighted by atomic mass is 10.2. The minimum absolute atomic E-state index is 0.230. The summed E-state index contributed by atoms with van der Waals surface area (Å²) < 4.78 is 13.1. The minimum atomic E-state index is -0.842. The second-order valence-corrected chi connectivity index (χ2v) is 5.62. The van der Waals surface area contributed by atoms with Gasteiger partial charge >= 0.3 is 11.8 Å². The number of carbonyl (C=O) groups excluding carboxylic acids is 2. The standard InChI is InChI=1S/C18H17FN4O2/c1-11-4-2-7-14-16(11)23-15(22-14)8-9-20-17(24)18(25)21-13-6-3-5-12(19)10-13/h2-7,10H,8-9H2,1H3,(H,20,24)(H,21,25)(H,22,23). The number of hydrogen-bond acceptors (Lipinski definition) is 3. The highest BCUT2D eigenvalue weighted by molar-refractivity contribution is 6.39. The number of nitrogens with zero attached hydrogens (tertiary/aromatic N) is 1. The van der Waals surface area contributed by atoms with Gasteiger partial charge < -0.3 is 15.6 Å². The van der Waals surface area contributed by atoms with Gasteiger partial charge in [-0.05, 0) is 36.8 Å². The third-order valence-electron chi connectivity index (χ3n) is 3.70. The van der Waals surface area contributed by atoms with Crippen molar-refractivity contribution in [2.75, 3.05) is 11.9 Å². The van der Waals surface area contributed by atoms with Gasteiger partial charge in [0, 0.05) is 18.7 Å². The number of anilines is 1. The Labute approximate surface area is 143 Å². The molecule has 128 valence electrons. The second kappa shape index (κ2) is 7.12. The number of para-hydroxylation sites is 1. The fourth-order valence-corrected chi connectivity index (χ4v) is 2.47. The SMILES string of the molecule is Cc1cccc2[nH]c(CCNC(=O)C(=O)Nc3cccc(F)c3)nc12. The number of H-pyrrole nitrogens is 1. The zero-order chi connectivity index (χ0) is 17.8. The topological polar surface area (TPSA) is 86.9 Å². The molecule has 7 heteroatoms. The molecule has 0 aliphatic carbocycles. The molecule has 0 atom stereocenters. The molecule has 0 radical (unpaired) electrons. The van der Waals surface area contributed by atoms with Crippen molar-refractivity contribution in [3.8, 4) is 0 Å². The summed E-state index contributed by atoms with van der Waals surface area (Å²) in [5, 5.41) is 4.87. The number of rotatable bonds is 4. The van der Waals surface area contributed by atoms with E-state index in [9.17, 15) is 14.0 Å². The van der Waals surface area contributed by atoms with E-state index in [1.54, 1.807) is 0 Å². The fourth-order valence-electron chi connectivity index (χ4n) is 2.47. The van der Waals surface area contributed by atoms with Crippen LogP contribution in [0.4, 0.5) is 10.1 Å². The largest absolute Gasteiger partial charge is 0.347 e. The van der Waals surface area contributed by atoms with Gasteiger partial charge in [0.2, 0.25) is 0 Å². The van der Waals surface area contributed by atoms with Crippen molar-refractivity contribution < 1.29 is 14.0 Å². The van der Waals surface area contributed by atoms with Crippen molar-refractivity contribution in [2.24, 2.45) is 0 Å². The van der Waals surface area contributed by atoms with Crippen molar-refractivity contribution in [2.45, 2.75) is 13.3 Å². The number of aryl methyl sites for hydroxylation is 1. The monoisotopic (exact) mass is 340 g/mol. The van der Waals surface area contributed by atoms with E-state index in [1.165, 1.54) is 18.2 Å². The van der Waals surface area contributed by atoms with E-state index >= 15 is 0 Å². The molecule has 6 nitrogen and oxygen atoms in total. The van der Waals surface area contributed by atoms with Crippen molar-refractivity contribution in [1.29, 1.82) is 0 Å². The number of nitrogens with one attached hydrogen (secondary N) is 3. The van der Waals surface area contributed by atoms with Gasteiger partial charge in [0.25, 0.3) is 0 Å². The molecule has 25 heavy (non-hydrogen) atoms. The van der Waals surface area contributed by atoms with Crippen LogP contribution >= 0.6 is 0 Å². The number of carbonyl (C=O) groups is 2. The van der Waals surface area contributed by atoms with Crippen molar-refractivity contribution in [1.82, 2.24) is 15.3 Å². The summed E-state index contributed by atoms with van der Waals surface area (Å²) in [5.41, 5.74) is 3.13. The van der Waals surface area contributed by atoms with Crippen LogP contribution in [0.25, 0.3) is 11.0 Å². The molecule has 3 N–H and O–H groups in total. The summed E-state index contributed by atoms with van der Waals surface area (Å²) in [4.78, 5) is 31.2. The predicted molar refractivity (Wildman–Crippen MR) is 92.6 cm³/mol. The van der Waals surface area contributed by atoms with Gasteiger partial charge in [0.15, 0.2) is 0 Å². The van der Waals surface area contributed by atoms with Crippen LogP contribution < -0.4 is 10.6 Å². The molecule has 0 unspecified atom stereocenters. The molecule has 1 aromatic heterocycles. The van der Waals surface area contributed by atoms with E-state index in [0.29, 0.717) is 6.42 Å². The minimum Gasteiger partial charge on any atom is -0.347 e. The van der Waals surface area contributed by atoms with Gasteiger partial charge in [-0.2, -0.15) is 0 Å². The van der Waals surface area contributed by atoms with Crippen LogP contribution in [0.15, 0.2) is 42.5 Å². The molecule has 3 aromatic rings. The van der Waals surface area contributed by atoms with Crippen LogP contribution in [0.1, 0.15) is 11.4 Å². The summed E-state index contributed by atoms with van der Waals surface area (Å²) in [5.74, 6) is -1.38. The number of aromatic amines is 1. The second-order valence-electron chi connectivity index (χ2n) is 5.62. The molecule has 0 saturated heterocycles. The van der Waals surface area contributed by atoms with Crippen LogP contribution in [0.3, 0.4) is 0 Å². The highest BCUT2D eigenvalue weighted by atomic mass is 19.1. The number of aromatic nitrogens is 2. The van der Waals surface area contributed by atoms with E-state index < -0.39 is 17.6 Å². The first-order valence-corrected chi connectivity index (χ1v) is 7.82. The highest BCUT2D eigenvalue weighted by Gasteiger charge is 2.14. The average molecular weight is 340 g/mol. The molecule has 1 heterocycles. The smallest absolute Gasteiger partial charge is 0.313 e. The number of hydrogen-bond donors (Lipinski definition) is 3. The van der Waals surface area contributed by atoms with E-state index in [2.05, 4.69) is 20.6 Å². The Morgan fingerprint density at radius 1 is 1.16 bits per heavy atom. The van der Waals surface area contributed by atoms with Gasteiger partial charge in [0.1, 0.15) is 11.6 Å². The van der Waals surface area contributed by atoms with Gasteiger partial charge in [-0.25, -0.2) is 9.37 Å². The zero-order valence-corrected chi connectivity index (χ0v) is 13.6. The average Bonchev–Trinajstić information content (AvgIpc) is 2.99. The Morgan fingerprint density at radius 3 is 2.72 bits per heavy atom. The lowest BCUT2D eigenvalue weighted by Gasteiger charge is -2.06. The molecule has 0 aliphatic rings. The first kappa shape index (κ1) is 16.6. The maximum absolute atomic E-state index is 13.1. The van der Waals surface area contributed by atoms with E-state index in [-0.39, 0.29) is 12.2 Å². The quantitative estimate of drug-likeness (QED) is 0.637. The molecule has 0 aliphatic heterocycles. The van der Waals surface area contributed by atoms with E-state index in [0.717, 1.165) is 28.5 Å². The van der Waals surface area contributed by atoms with E-state index in [1.807, 2.05) is 25.1 Å². The zero-order valence-electron chi connectivity index (χ0n) is 13.6. The van der Waals surface area contributed by atoms with Crippen LogP contribution in [-0.2, 0) is 16.0 Å². The van der Waals surface area contributed by atoms with E-state index in [4.69, 9.17) is 0 Å². The molecular formula is C18H17FN4O2. The Bertz CT molecular complexity index is 936. The Balaban J connectivity index is 1.53. The van der Waals surface area contributed by atoms with Crippen LogP contribution in [-0.4, -0.2) is 28.3 Å². The van der Waals surface area contributed by atoms with Crippen molar-refractivity contribution >= 4 is 28.5 Å². The number of halogens is 1. The summed E-state index contributed by atoms with van der Waals surface area (Å²) >= 11 is 0. The van der Waals surface area contributed by atoms with Gasteiger partial charge in [-0.3, -0.25) is 9.59 Å². The molecular weight excluding hydrogens is 323 g/mol. The molecule has 0 bridgehead atoms. The summed E-state index contributed by atoms with van der Waals surface area (Å²) in [6.07, 6.45) is 0.465. The maximum atomic E-state index is 13.1. The lowest BCUT2D eigenvalue weighted by Crippen LogP contribution is -2.36. The molecule has 2 aromatic carbocycles. The maximum Gasteiger partial charge on any atom is 0.313 e. The number of imidazole rings is 1. The van der Waals surface area contributed by atoms with Crippen molar-refractivity contribution in [3.63, 3.8) is 0 Å². The van der Waals surface area contributed by atoms with Crippen LogP contribution in [0, 0.1) is 12.7 Å². The predicted octanol–water partition coefficient (Wildman–Crippen LogP) is 2.31. The summed E-state index contributed by atoms with van der Waals surface area (Å²) in [6.45, 7) is 2.24. The van der Waals surface area contributed by atoms with Crippen LogP contribution in [0.5, 0.6) is 0 Å². The van der Waals surface area contributed by atoms with Crippen molar-refractivity contribution in [3.05, 3.63) is 59.7 Å². The third-order valence-corrected chi connectivity index (χ3v) is 3.70. The van der Waals surface area contributed by atoms with Crippen LogP contribution in [0.2, 0.25) is 0 Å². The van der Waals surface area contributed by atoms with Gasteiger partial charge in [-0.1, -0.05) is 18.2 Å².